The number of methoxy groups -OCH3 is 1. The van der Waals surface area contributed by atoms with E-state index < -0.39 is 28.5 Å². The molecular formula is C30H37N3O5S. The number of hydrogen-bond donors (Lipinski definition) is 1. The van der Waals surface area contributed by atoms with Gasteiger partial charge in [0.2, 0.25) is 11.8 Å². The molecule has 0 heterocycles. The number of nitrogens with zero attached hydrogens (tertiary/aromatic N) is 2. The van der Waals surface area contributed by atoms with E-state index in [0.29, 0.717) is 23.5 Å². The van der Waals surface area contributed by atoms with E-state index in [0.717, 1.165) is 9.87 Å². The Kier molecular flexibility index (Phi) is 10.1. The van der Waals surface area contributed by atoms with Crippen molar-refractivity contribution in [3.8, 4) is 5.75 Å². The number of carbonyl (C=O) groups is 2. The average molecular weight is 552 g/mol. The van der Waals surface area contributed by atoms with Gasteiger partial charge in [0, 0.05) is 13.1 Å². The van der Waals surface area contributed by atoms with Crippen molar-refractivity contribution in [3.63, 3.8) is 0 Å². The second-order valence-electron chi connectivity index (χ2n) is 9.80. The van der Waals surface area contributed by atoms with Gasteiger partial charge in [-0.3, -0.25) is 13.9 Å². The molecule has 0 aromatic heterocycles. The van der Waals surface area contributed by atoms with E-state index in [9.17, 15) is 18.0 Å². The Balaban J connectivity index is 2.02. The molecule has 0 aliphatic rings. The lowest BCUT2D eigenvalue weighted by Crippen LogP contribution is -2.51. The maximum absolute atomic E-state index is 14.0. The zero-order valence-corrected chi connectivity index (χ0v) is 23.9. The molecular weight excluding hydrogens is 514 g/mol. The number of aryl methyl sites for hydroxylation is 1. The molecule has 0 bridgehead atoms. The van der Waals surface area contributed by atoms with Gasteiger partial charge in [0.1, 0.15) is 18.3 Å². The molecule has 0 aliphatic heterocycles. The second kappa shape index (κ2) is 13.3. The largest absolute Gasteiger partial charge is 0.497 e. The predicted octanol–water partition coefficient (Wildman–Crippen LogP) is 4.39. The fourth-order valence-electron chi connectivity index (χ4n) is 4.08. The van der Waals surface area contributed by atoms with Gasteiger partial charge in [-0.15, -0.1) is 0 Å². The Labute approximate surface area is 231 Å². The van der Waals surface area contributed by atoms with Crippen LogP contribution >= 0.6 is 0 Å². The zero-order chi connectivity index (χ0) is 28.6. The minimum absolute atomic E-state index is 0.0723. The first-order valence-corrected chi connectivity index (χ1v) is 14.3. The topological polar surface area (TPSA) is 96.0 Å². The Morgan fingerprint density at radius 3 is 2.23 bits per heavy atom. The van der Waals surface area contributed by atoms with Gasteiger partial charge in [0.15, 0.2) is 0 Å². The lowest BCUT2D eigenvalue weighted by atomic mass is 10.1. The van der Waals surface area contributed by atoms with E-state index in [1.165, 1.54) is 17.0 Å². The van der Waals surface area contributed by atoms with E-state index in [4.69, 9.17) is 4.74 Å². The van der Waals surface area contributed by atoms with E-state index in [1.54, 1.807) is 75.6 Å². The number of ether oxygens (including phenoxy) is 1. The number of sulfonamides is 1. The summed E-state index contributed by atoms with van der Waals surface area (Å²) in [6.07, 6.45) is 0. The van der Waals surface area contributed by atoms with Crippen LogP contribution in [-0.4, -0.2) is 51.4 Å². The molecule has 0 radical (unpaired) electrons. The Hall–Kier alpha value is -3.85. The summed E-state index contributed by atoms with van der Waals surface area (Å²) in [6, 6.07) is 21.4. The van der Waals surface area contributed by atoms with Crippen LogP contribution in [0.15, 0.2) is 83.8 Å². The van der Waals surface area contributed by atoms with Gasteiger partial charge in [0.05, 0.1) is 17.7 Å². The van der Waals surface area contributed by atoms with E-state index in [2.05, 4.69) is 5.32 Å². The minimum Gasteiger partial charge on any atom is -0.497 e. The number of rotatable bonds is 12. The number of para-hydroxylation sites is 1. The molecule has 0 aliphatic carbocycles. The maximum Gasteiger partial charge on any atom is 0.264 e. The molecule has 0 saturated carbocycles. The summed E-state index contributed by atoms with van der Waals surface area (Å²) in [4.78, 5) is 28.5. The summed E-state index contributed by atoms with van der Waals surface area (Å²) < 4.78 is 34.1. The molecule has 3 rings (SSSR count). The summed E-state index contributed by atoms with van der Waals surface area (Å²) in [6.45, 7) is 7.49. The number of anilines is 1. The van der Waals surface area contributed by atoms with Gasteiger partial charge in [-0.05, 0) is 61.2 Å². The van der Waals surface area contributed by atoms with Crippen LogP contribution in [0.4, 0.5) is 5.69 Å². The lowest BCUT2D eigenvalue weighted by Gasteiger charge is -2.32. The minimum atomic E-state index is -4.09. The van der Waals surface area contributed by atoms with Gasteiger partial charge >= 0.3 is 0 Å². The van der Waals surface area contributed by atoms with Gasteiger partial charge in [-0.2, -0.15) is 0 Å². The zero-order valence-electron chi connectivity index (χ0n) is 23.1. The number of amides is 2. The average Bonchev–Trinajstić information content (AvgIpc) is 2.93. The third kappa shape index (κ3) is 7.60. The first-order chi connectivity index (χ1) is 18.5. The van der Waals surface area contributed by atoms with Crippen molar-refractivity contribution in [1.82, 2.24) is 10.2 Å². The fraction of sp³-hybridized carbons (Fsp3) is 0.333. The quantitative estimate of drug-likeness (QED) is 0.360. The third-order valence-electron chi connectivity index (χ3n) is 6.33. The SMILES string of the molecule is COc1cccc(CN(C(=O)CN(c2ccccc2C)S(=O)(=O)c2ccccc2)[C@@H](C)C(=O)NCC(C)C)c1. The molecule has 1 atom stereocenters. The summed E-state index contributed by atoms with van der Waals surface area (Å²) in [5, 5.41) is 2.89. The van der Waals surface area contributed by atoms with Gasteiger partial charge in [-0.25, -0.2) is 8.42 Å². The number of hydrogen-bond acceptors (Lipinski definition) is 5. The molecule has 208 valence electrons. The van der Waals surface area contributed by atoms with E-state index >= 15 is 0 Å². The van der Waals surface area contributed by atoms with Crippen LogP contribution in [-0.2, 0) is 26.2 Å². The first kappa shape index (κ1) is 29.7. The van der Waals surface area contributed by atoms with Crippen molar-refractivity contribution in [2.75, 3.05) is 24.5 Å². The first-order valence-electron chi connectivity index (χ1n) is 12.9. The van der Waals surface area contributed by atoms with Crippen LogP contribution in [0.25, 0.3) is 0 Å². The Morgan fingerprint density at radius 1 is 0.923 bits per heavy atom. The highest BCUT2D eigenvalue weighted by Crippen LogP contribution is 2.27. The van der Waals surface area contributed by atoms with E-state index in [-0.39, 0.29) is 23.3 Å². The molecule has 0 saturated heterocycles. The molecule has 0 spiro atoms. The molecule has 3 aromatic carbocycles. The third-order valence-corrected chi connectivity index (χ3v) is 8.11. The highest BCUT2D eigenvalue weighted by Gasteiger charge is 2.33. The van der Waals surface area contributed by atoms with Crippen LogP contribution in [0.3, 0.4) is 0 Å². The van der Waals surface area contributed by atoms with Crippen LogP contribution in [0.5, 0.6) is 5.75 Å². The maximum atomic E-state index is 14.0. The molecule has 8 nitrogen and oxygen atoms in total. The molecule has 0 fully saturated rings. The summed E-state index contributed by atoms with van der Waals surface area (Å²) >= 11 is 0. The molecule has 9 heteroatoms. The van der Waals surface area contributed by atoms with Crippen LogP contribution < -0.4 is 14.4 Å². The summed E-state index contributed by atoms with van der Waals surface area (Å²) in [7, 11) is -2.54. The van der Waals surface area contributed by atoms with Crippen molar-refractivity contribution in [3.05, 3.63) is 90.0 Å². The van der Waals surface area contributed by atoms with Gasteiger partial charge < -0.3 is 15.0 Å². The normalized spacial score (nSPS) is 12.1. The molecule has 1 N–H and O–H groups in total. The summed E-state index contributed by atoms with van der Waals surface area (Å²) in [5.41, 5.74) is 1.85. The predicted molar refractivity (Wildman–Crippen MR) is 153 cm³/mol. The second-order valence-corrected chi connectivity index (χ2v) is 11.7. The monoisotopic (exact) mass is 551 g/mol. The van der Waals surface area contributed by atoms with Crippen molar-refractivity contribution < 1.29 is 22.7 Å². The Morgan fingerprint density at radius 2 is 1.59 bits per heavy atom. The molecule has 2 amide bonds. The fourth-order valence-corrected chi connectivity index (χ4v) is 5.58. The van der Waals surface area contributed by atoms with Crippen LogP contribution in [0.1, 0.15) is 31.9 Å². The lowest BCUT2D eigenvalue weighted by molar-refractivity contribution is -0.139. The molecule has 3 aromatic rings. The van der Waals surface area contributed by atoms with Gasteiger partial charge in [-0.1, -0.05) is 62.4 Å². The van der Waals surface area contributed by atoms with Crippen molar-refractivity contribution >= 4 is 27.5 Å². The van der Waals surface area contributed by atoms with Gasteiger partial charge in [0.25, 0.3) is 10.0 Å². The highest BCUT2D eigenvalue weighted by atomic mass is 32.2. The van der Waals surface area contributed by atoms with E-state index in [1.807, 2.05) is 26.0 Å². The van der Waals surface area contributed by atoms with Crippen LogP contribution in [0.2, 0.25) is 0 Å². The van der Waals surface area contributed by atoms with Crippen molar-refractivity contribution in [2.45, 2.75) is 45.2 Å². The Bertz CT molecular complexity index is 1380. The molecule has 0 unspecified atom stereocenters. The summed E-state index contributed by atoms with van der Waals surface area (Å²) in [5.74, 6) is 0.0299. The van der Waals surface area contributed by atoms with Crippen LogP contribution in [0, 0.1) is 12.8 Å². The van der Waals surface area contributed by atoms with Crippen molar-refractivity contribution in [2.24, 2.45) is 5.92 Å². The number of benzene rings is 3. The van der Waals surface area contributed by atoms with Crippen molar-refractivity contribution in [1.29, 1.82) is 0 Å². The highest BCUT2D eigenvalue weighted by molar-refractivity contribution is 7.92. The number of nitrogens with one attached hydrogen (secondary N) is 1. The standard InChI is InChI=1S/C30H37N3O5S/c1-22(2)19-31-30(35)24(4)32(20-25-13-11-14-26(18-25)38-5)29(34)21-33(28-17-10-9-12-23(28)3)39(36,37)27-15-7-6-8-16-27/h6-18,22,24H,19-21H2,1-5H3,(H,31,35)/t24-/m0/s1. The molecule has 39 heavy (non-hydrogen) atoms. The smallest absolute Gasteiger partial charge is 0.264 e. The number of carbonyl (C=O) groups excluding carboxylic acids is 2.